The first kappa shape index (κ1) is 24.5. The third kappa shape index (κ3) is 6.42. The van der Waals surface area contributed by atoms with E-state index >= 15 is 0 Å². The number of pyridine rings is 1. The Morgan fingerprint density at radius 2 is 1.85 bits per heavy atom. The normalized spacial score (nSPS) is 14.5. The zero-order valence-corrected chi connectivity index (χ0v) is 18.1. The Kier molecular flexibility index (Phi) is 7.54. The van der Waals surface area contributed by atoms with Crippen LogP contribution in [0.15, 0.2) is 30.5 Å². The van der Waals surface area contributed by atoms with Crippen molar-refractivity contribution >= 4 is 40.9 Å². The molecule has 0 bridgehead atoms. The van der Waals surface area contributed by atoms with Crippen molar-refractivity contribution in [3.8, 4) is 5.75 Å². The number of nitrogens with zero attached hydrogens (tertiary/aromatic N) is 1. The third-order valence-electron chi connectivity index (χ3n) is 4.85. The molecule has 2 amide bonds. The monoisotopic (exact) mass is 484 g/mol. The highest BCUT2D eigenvalue weighted by molar-refractivity contribution is 6.30. The van der Waals surface area contributed by atoms with E-state index in [1.807, 2.05) is 0 Å². The summed E-state index contributed by atoms with van der Waals surface area (Å²) in [6.07, 6.45) is -2.96. The Morgan fingerprint density at radius 1 is 1.15 bits per heavy atom. The lowest BCUT2D eigenvalue weighted by molar-refractivity contribution is -0.189. The van der Waals surface area contributed by atoms with E-state index in [1.165, 1.54) is 31.3 Å². The van der Waals surface area contributed by atoms with Crippen molar-refractivity contribution in [1.82, 2.24) is 10.3 Å². The Balaban J connectivity index is 1.98. The summed E-state index contributed by atoms with van der Waals surface area (Å²) < 4.78 is 43.0. The Labute approximate surface area is 191 Å². The molecule has 1 aromatic heterocycles. The second-order valence-corrected chi connectivity index (χ2v) is 7.84. The Morgan fingerprint density at radius 3 is 2.45 bits per heavy atom. The van der Waals surface area contributed by atoms with E-state index in [2.05, 4.69) is 25.7 Å². The van der Waals surface area contributed by atoms with Crippen LogP contribution in [0.3, 0.4) is 0 Å². The van der Waals surface area contributed by atoms with Crippen LogP contribution in [0.4, 0.5) is 24.7 Å². The summed E-state index contributed by atoms with van der Waals surface area (Å²) in [7, 11) is 0. The first-order valence-electron chi connectivity index (χ1n) is 9.92. The van der Waals surface area contributed by atoms with Crippen molar-refractivity contribution < 1.29 is 32.3 Å². The van der Waals surface area contributed by atoms with E-state index in [0.29, 0.717) is 36.5 Å². The van der Waals surface area contributed by atoms with E-state index < -0.39 is 35.6 Å². The number of hydrogen-bond donors (Lipinski definition) is 3. The largest absolute Gasteiger partial charge is 0.491 e. The average molecular weight is 485 g/mol. The van der Waals surface area contributed by atoms with Crippen molar-refractivity contribution in [2.75, 3.05) is 23.7 Å². The van der Waals surface area contributed by atoms with Crippen LogP contribution in [0.25, 0.3) is 0 Å². The number of alkyl halides is 3. The summed E-state index contributed by atoms with van der Waals surface area (Å²) in [6.45, 7) is 2.69. The molecule has 176 valence electrons. The van der Waals surface area contributed by atoms with Crippen LogP contribution < -0.4 is 20.7 Å². The summed E-state index contributed by atoms with van der Waals surface area (Å²) >= 11 is 5.78. The van der Waals surface area contributed by atoms with Crippen molar-refractivity contribution in [2.45, 2.75) is 25.9 Å². The van der Waals surface area contributed by atoms with Gasteiger partial charge in [-0.05, 0) is 62.7 Å². The van der Waals surface area contributed by atoms with Gasteiger partial charge in [-0.1, -0.05) is 11.6 Å². The zero-order valence-electron chi connectivity index (χ0n) is 17.4. The molecule has 2 heterocycles. The third-order valence-corrected chi connectivity index (χ3v) is 5.08. The quantitative estimate of drug-likeness (QED) is 0.441. The van der Waals surface area contributed by atoms with Crippen LogP contribution in [-0.4, -0.2) is 42.0 Å². The topological polar surface area (TPSA) is 109 Å². The summed E-state index contributed by atoms with van der Waals surface area (Å²) in [5.74, 6) is -4.64. The number of amides is 2. The average Bonchev–Trinajstić information content (AvgIpc) is 2.76. The molecule has 3 rings (SSSR count). The number of benzene rings is 1. The lowest BCUT2D eigenvalue weighted by Crippen LogP contribution is -2.35. The fraction of sp³-hybridized carbons (Fsp3) is 0.333. The molecule has 3 N–H and O–H groups in total. The predicted molar refractivity (Wildman–Crippen MR) is 114 cm³/mol. The molecule has 0 unspecified atom stereocenters. The van der Waals surface area contributed by atoms with Crippen molar-refractivity contribution in [3.05, 3.63) is 46.6 Å². The van der Waals surface area contributed by atoms with Crippen LogP contribution in [0, 0.1) is 12.8 Å². The van der Waals surface area contributed by atoms with Crippen LogP contribution in [0.2, 0.25) is 5.02 Å². The van der Waals surface area contributed by atoms with Gasteiger partial charge in [-0.15, -0.1) is 0 Å². The van der Waals surface area contributed by atoms with Crippen molar-refractivity contribution in [1.29, 1.82) is 0 Å². The molecule has 0 atom stereocenters. The summed E-state index contributed by atoms with van der Waals surface area (Å²) in [5, 5.41) is 8.41. The van der Waals surface area contributed by atoms with Crippen molar-refractivity contribution in [2.24, 2.45) is 5.92 Å². The smallest absolute Gasteiger partial charge is 0.418 e. The minimum atomic E-state index is -5.27. The van der Waals surface area contributed by atoms with Gasteiger partial charge in [0.2, 0.25) is 5.91 Å². The van der Waals surface area contributed by atoms with Gasteiger partial charge in [0, 0.05) is 12.1 Å². The molecule has 0 spiro atoms. The molecular weight excluding hydrogens is 465 g/mol. The number of ether oxygens (including phenoxy) is 1. The summed E-state index contributed by atoms with van der Waals surface area (Å²) in [6, 6.07) is 5.40. The summed E-state index contributed by atoms with van der Waals surface area (Å²) in [4.78, 5) is 41.2. The number of nitrogens with one attached hydrogen (secondary N) is 3. The second kappa shape index (κ2) is 10.2. The maximum absolute atomic E-state index is 13.0. The van der Waals surface area contributed by atoms with Gasteiger partial charge in [-0.3, -0.25) is 9.59 Å². The van der Waals surface area contributed by atoms with Crippen LogP contribution in [-0.2, 0) is 9.59 Å². The highest BCUT2D eigenvalue weighted by Gasteiger charge is 2.42. The number of hydrogen-bond acceptors (Lipinski definition) is 6. The van der Waals surface area contributed by atoms with Gasteiger partial charge in [-0.25, -0.2) is 9.78 Å². The molecule has 0 radical (unpaired) electrons. The molecule has 2 aromatic rings. The molecule has 1 fully saturated rings. The van der Waals surface area contributed by atoms with E-state index in [0.717, 1.165) is 6.07 Å². The Bertz CT molecular complexity index is 1050. The fourth-order valence-corrected chi connectivity index (χ4v) is 3.35. The zero-order chi connectivity index (χ0) is 24.2. The van der Waals surface area contributed by atoms with Gasteiger partial charge >= 0.3 is 12.1 Å². The number of rotatable bonds is 5. The van der Waals surface area contributed by atoms with Gasteiger partial charge in [0.05, 0.1) is 16.3 Å². The molecule has 1 aliphatic heterocycles. The SMILES string of the molecule is Cc1cc(OC(=O)C(F)(F)F)c(NC(=O)C2CCNCC2)c(C(=O)Nc2ccc(Cl)cn2)c1. The first-order valence-corrected chi connectivity index (χ1v) is 10.3. The minimum Gasteiger partial charge on any atom is -0.418 e. The number of piperidine rings is 1. The van der Waals surface area contributed by atoms with E-state index in [-0.39, 0.29) is 17.1 Å². The molecule has 8 nitrogen and oxygen atoms in total. The second-order valence-electron chi connectivity index (χ2n) is 7.40. The molecule has 12 heteroatoms. The number of carbonyl (C=O) groups excluding carboxylic acids is 3. The maximum atomic E-state index is 13.0. The Hall–Kier alpha value is -3.18. The molecule has 1 aromatic carbocycles. The number of anilines is 2. The van der Waals surface area contributed by atoms with Crippen molar-refractivity contribution in [3.63, 3.8) is 0 Å². The molecule has 33 heavy (non-hydrogen) atoms. The van der Waals surface area contributed by atoms with E-state index in [4.69, 9.17) is 11.6 Å². The van der Waals surface area contributed by atoms with Gasteiger partial charge in [0.25, 0.3) is 5.91 Å². The molecule has 1 aliphatic rings. The minimum absolute atomic E-state index is 0.121. The van der Waals surface area contributed by atoms with Crippen LogP contribution in [0.5, 0.6) is 5.75 Å². The lowest BCUT2D eigenvalue weighted by atomic mass is 9.96. The number of esters is 1. The van der Waals surface area contributed by atoms with Crippen LogP contribution >= 0.6 is 11.6 Å². The summed E-state index contributed by atoms with van der Waals surface area (Å²) in [5.41, 5.74) is -0.207. The van der Waals surface area contributed by atoms with Gasteiger partial charge in [-0.2, -0.15) is 13.2 Å². The maximum Gasteiger partial charge on any atom is 0.491 e. The molecule has 0 aliphatic carbocycles. The number of carbonyl (C=O) groups is 3. The lowest BCUT2D eigenvalue weighted by Gasteiger charge is -2.23. The molecule has 0 saturated carbocycles. The number of aryl methyl sites for hydroxylation is 1. The fourth-order valence-electron chi connectivity index (χ4n) is 3.24. The highest BCUT2D eigenvalue weighted by atomic mass is 35.5. The van der Waals surface area contributed by atoms with E-state index in [1.54, 1.807) is 0 Å². The van der Waals surface area contributed by atoms with Gasteiger partial charge in [0.1, 0.15) is 5.82 Å². The molecular formula is C21H20ClF3N4O4. The van der Waals surface area contributed by atoms with Crippen LogP contribution in [0.1, 0.15) is 28.8 Å². The predicted octanol–water partition coefficient (Wildman–Crippen LogP) is 3.70. The standard InChI is InChI=1S/C21H20ClF3N4O4/c1-11-8-14(19(31)28-16-3-2-13(22)10-27-16)17(15(9-11)33-20(32)21(23,24)25)29-18(30)12-4-6-26-7-5-12/h2-3,8-10,12,26H,4-7H2,1H3,(H,29,30)(H,27,28,31). The number of aromatic nitrogens is 1. The first-order chi connectivity index (χ1) is 15.5. The van der Waals surface area contributed by atoms with E-state index in [9.17, 15) is 27.6 Å². The van der Waals surface area contributed by atoms with Gasteiger partial charge < -0.3 is 20.7 Å². The highest BCUT2D eigenvalue weighted by Crippen LogP contribution is 2.34. The number of halogens is 4. The molecule has 1 saturated heterocycles. The van der Waals surface area contributed by atoms with Gasteiger partial charge in [0.15, 0.2) is 5.75 Å².